The van der Waals surface area contributed by atoms with Crippen LogP contribution >= 0.6 is 11.3 Å². The number of carbonyl (C=O) groups is 2. The zero-order valence-corrected chi connectivity index (χ0v) is 16.9. The average molecular weight is 413 g/mol. The molecule has 0 aliphatic carbocycles. The van der Waals surface area contributed by atoms with Crippen molar-refractivity contribution < 1.29 is 23.8 Å². The third-order valence-corrected chi connectivity index (χ3v) is 5.07. The monoisotopic (exact) mass is 413 g/mol. The van der Waals surface area contributed by atoms with Crippen LogP contribution in [0.3, 0.4) is 0 Å². The molecule has 2 heterocycles. The summed E-state index contributed by atoms with van der Waals surface area (Å²) < 4.78 is 15.7. The summed E-state index contributed by atoms with van der Waals surface area (Å²) in [5.41, 5.74) is 1.29. The number of nitrogens with one attached hydrogen (secondary N) is 1. The maximum atomic E-state index is 12.5. The summed E-state index contributed by atoms with van der Waals surface area (Å²) in [4.78, 5) is 33.8. The van der Waals surface area contributed by atoms with Gasteiger partial charge in [0.2, 0.25) is 0 Å². The molecule has 0 saturated carbocycles. The molecule has 3 rings (SSSR count). The topological polar surface area (TPSA) is 99.6 Å². The fourth-order valence-electron chi connectivity index (χ4n) is 2.57. The number of anilines is 1. The molecule has 9 heteroatoms. The van der Waals surface area contributed by atoms with Gasteiger partial charge in [-0.2, -0.15) is 0 Å². The molecule has 0 saturated heterocycles. The smallest absolute Gasteiger partial charge is 0.350 e. The zero-order valence-electron chi connectivity index (χ0n) is 16.1. The van der Waals surface area contributed by atoms with E-state index in [1.807, 2.05) is 6.07 Å². The van der Waals surface area contributed by atoms with Crippen molar-refractivity contribution in [2.24, 2.45) is 0 Å². The fraction of sp³-hybridized carbons (Fsp3) is 0.200. The lowest BCUT2D eigenvalue weighted by Gasteiger charge is -2.08. The van der Waals surface area contributed by atoms with E-state index in [9.17, 15) is 9.59 Å². The lowest BCUT2D eigenvalue weighted by atomic mass is 10.1. The van der Waals surface area contributed by atoms with E-state index in [0.717, 1.165) is 10.4 Å². The van der Waals surface area contributed by atoms with Gasteiger partial charge in [-0.1, -0.05) is 0 Å². The van der Waals surface area contributed by atoms with E-state index in [-0.39, 0.29) is 17.2 Å². The van der Waals surface area contributed by atoms with Crippen molar-refractivity contribution >= 4 is 28.9 Å². The molecule has 0 bridgehead atoms. The number of amides is 1. The number of rotatable bonds is 7. The molecule has 150 valence electrons. The minimum atomic E-state index is -0.515. The van der Waals surface area contributed by atoms with Crippen LogP contribution < -0.4 is 14.8 Å². The number of benzene rings is 1. The number of nitrogens with zero attached hydrogens (tertiary/aromatic N) is 2. The summed E-state index contributed by atoms with van der Waals surface area (Å²) >= 11 is 1.21. The number of esters is 1. The van der Waals surface area contributed by atoms with Gasteiger partial charge in [0, 0.05) is 17.3 Å². The molecular formula is C20H19N3O5S. The molecule has 0 radical (unpaired) electrons. The summed E-state index contributed by atoms with van der Waals surface area (Å²) in [5, 5.41) is 2.72. The Labute approximate surface area is 171 Å². The quantitative estimate of drug-likeness (QED) is 0.590. The van der Waals surface area contributed by atoms with Crippen LogP contribution in [0.25, 0.3) is 10.4 Å². The molecule has 0 spiro atoms. The van der Waals surface area contributed by atoms with Crippen molar-refractivity contribution in [3.63, 3.8) is 0 Å². The Kier molecular flexibility index (Phi) is 6.40. The van der Waals surface area contributed by atoms with Gasteiger partial charge >= 0.3 is 5.97 Å². The summed E-state index contributed by atoms with van der Waals surface area (Å²) in [6.07, 6.45) is 4.24. The van der Waals surface area contributed by atoms with E-state index in [4.69, 9.17) is 14.2 Å². The van der Waals surface area contributed by atoms with Crippen molar-refractivity contribution in [1.29, 1.82) is 0 Å². The van der Waals surface area contributed by atoms with Crippen LogP contribution in [0.2, 0.25) is 0 Å². The maximum Gasteiger partial charge on any atom is 0.350 e. The SMILES string of the molecule is CCOC(=O)c1sc(-c2ccc(OC)c(OC)c2)cc1NC(=O)c1cnccn1. The highest BCUT2D eigenvalue weighted by atomic mass is 32.1. The summed E-state index contributed by atoms with van der Waals surface area (Å²) in [5.74, 6) is 0.162. The van der Waals surface area contributed by atoms with Gasteiger partial charge in [-0.25, -0.2) is 9.78 Å². The van der Waals surface area contributed by atoms with Gasteiger partial charge in [-0.15, -0.1) is 11.3 Å². The van der Waals surface area contributed by atoms with E-state index in [1.54, 1.807) is 39.3 Å². The molecule has 0 fully saturated rings. The third kappa shape index (κ3) is 4.52. The minimum absolute atomic E-state index is 0.140. The summed E-state index contributed by atoms with van der Waals surface area (Å²) in [7, 11) is 3.11. The molecule has 8 nitrogen and oxygen atoms in total. The predicted molar refractivity (Wildman–Crippen MR) is 109 cm³/mol. The van der Waals surface area contributed by atoms with E-state index >= 15 is 0 Å². The second kappa shape index (κ2) is 9.16. The van der Waals surface area contributed by atoms with E-state index < -0.39 is 11.9 Å². The normalized spacial score (nSPS) is 10.3. The van der Waals surface area contributed by atoms with Crippen LogP contribution in [0.1, 0.15) is 27.1 Å². The number of hydrogen-bond donors (Lipinski definition) is 1. The first kappa shape index (κ1) is 20.3. The Bertz CT molecular complexity index is 1020. The molecule has 0 unspecified atom stereocenters. The lowest BCUT2D eigenvalue weighted by Crippen LogP contribution is -2.15. The van der Waals surface area contributed by atoms with Crippen molar-refractivity contribution in [2.75, 3.05) is 26.1 Å². The van der Waals surface area contributed by atoms with Crippen molar-refractivity contribution in [2.45, 2.75) is 6.92 Å². The minimum Gasteiger partial charge on any atom is -0.493 e. The molecule has 2 aromatic heterocycles. The maximum absolute atomic E-state index is 12.5. The molecule has 0 atom stereocenters. The largest absolute Gasteiger partial charge is 0.493 e. The van der Waals surface area contributed by atoms with Crippen LogP contribution in [0.5, 0.6) is 11.5 Å². The highest BCUT2D eigenvalue weighted by Crippen LogP contribution is 2.39. The standard InChI is InChI=1S/C20H19N3O5S/c1-4-28-20(25)18-13(23-19(24)14-11-21-7-8-22-14)10-17(29-18)12-5-6-15(26-2)16(9-12)27-3/h5-11H,4H2,1-3H3,(H,23,24). The van der Waals surface area contributed by atoms with Gasteiger partial charge in [0.25, 0.3) is 5.91 Å². The third-order valence-electron chi connectivity index (χ3n) is 3.90. The number of methoxy groups -OCH3 is 2. The second-order valence-electron chi connectivity index (χ2n) is 5.69. The molecule has 1 aromatic carbocycles. The number of carbonyl (C=O) groups excluding carboxylic acids is 2. The van der Waals surface area contributed by atoms with E-state index in [2.05, 4.69) is 15.3 Å². The lowest BCUT2D eigenvalue weighted by molar-refractivity contribution is 0.0533. The van der Waals surface area contributed by atoms with Crippen LogP contribution in [0.4, 0.5) is 5.69 Å². The Morgan fingerprint density at radius 2 is 1.90 bits per heavy atom. The van der Waals surface area contributed by atoms with Crippen molar-refractivity contribution in [3.05, 3.63) is 53.4 Å². The van der Waals surface area contributed by atoms with Crippen LogP contribution in [-0.4, -0.2) is 42.7 Å². The Morgan fingerprint density at radius 3 is 2.55 bits per heavy atom. The first-order chi connectivity index (χ1) is 14.1. The van der Waals surface area contributed by atoms with Crippen molar-refractivity contribution in [1.82, 2.24) is 9.97 Å². The number of hydrogen-bond acceptors (Lipinski definition) is 8. The molecule has 0 aliphatic rings. The second-order valence-corrected chi connectivity index (χ2v) is 6.74. The van der Waals surface area contributed by atoms with Crippen LogP contribution in [0, 0.1) is 0 Å². The molecule has 1 amide bonds. The van der Waals surface area contributed by atoms with Gasteiger partial charge in [0.1, 0.15) is 10.6 Å². The van der Waals surface area contributed by atoms with Gasteiger partial charge in [0.05, 0.1) is 32.7 Å². The molecule has 0 aliphatic heterocycles. The van der Waals surface area contributed by atoms with Gasteiger partial charge in [-0.05, 0) is 36.8 Å². The van der Waals surface area contributed by atoms with Gasteiger partial charge < -0.3 is 19.5 Å². The van der Waals surface area contributed by atoms with Crippen LogP contribution in [0.15, 0.2) is 42.9 Å². The van der Waals surface area contributed by atoms with Gasteiger partial charge in [-0.3, -0.25) is 9.78 Å². The zero-order chi connectivity index (χ0) is 20.8. The average Bonchev–Trinajstić information content (AvgIpc) is 3.17. The Morgan fingerprint density at radius 1 is 1.10 bits per heavy atom. The number of aromatic nitrogens is 2. The molecule has 1 N–H and O–H groups in total. The number of thiophene rings is 1. The van der Waals surface area contributed by atoms with Crippen molar-refractivity contribution in [3.8, 4) is 21.9 Å². The summed E-state index contributed by atoms with van der Waals surface area (Å²) in [6, 6.07) is 7.13. The Balaban J connectivity index is 1.99. The van der Waals surface area contributed by atoms with Crippen LogP contribution in [-0.2, 0) is 4.74 Å². The predicted octanol–water partition coefficient (Wildman–Crippen LogP) is 3.65. The molecule has 29 heavy (non-hydrogen) atoms. The molecular weight excluding hydrogens is 394 g/mol. The van der Waals surface area contributed by atoms with E-state index in [0.29, 0.717) is 17.2 Å². The highest BCUT2D eigenvalue weighted by molar-refractivity contribution is 7.18. The first-order valence-corrected chi connectivity index (χ1v) is 9.49. The van der Waals surface area contributed by atoms with Gasteiger partial charge in [0.15, 0.2) is 11.5 Å². The first-order valence-electron chi connectivity index (χ1n) is 8.68. The fourth-order valence-corrected chi connectivity index (χ4v) is 3.57. The molecule has 3 aromatic rings. The Hall–Kier alpha value is -3.46. The highest BCUT2D eigenvalue weighted by Gasteiger charge is 2.21. The van der Waals surface area contributed by atoms with E-state index in [1.165, 1.54) is 29.9 Å². The number of ether oxygens (including phenoxy) is 3. The summed E-state index contributed by atoms with van der Waals surface area (Å²) in [6.45, 7) is 1.94.